The molecule has 0 unspecified atom stereocenters. The number of halogens is 4. The lowest BCUT2D eigenvalue weighted by Crippen LogP contribution is -2.52. The van der Waals surface area contributed by atoms with Crippen molar-refractivity contribution in [3.05, 3.63) is 36.4 Å². The summed E-state index contributed by atoms with van der Waals surface area (Å²) in [6.45, 7) is 3.33. The number of nitrogens with zero attached hydrogens (tertiary/aromatic N) is 5. The molecular formula is C22H22Cl3FN6O4. The van der Waals surface area contributed by atoms with Crippen LogP contribution in [0.15, 0.2) is 30.6 Å². The highest BCUT2D eigenvalue weighted by Crippen LogP contribution is 2.30. The summed E-state index contributed by atoms with van der Waals surface area (Å²) in [7, 11) is 0. The van der Waals surface area contributed by atoms with Gasteiger partial charge in [-0.15, -0.1) is 0 Å². The molecule has 1 N–H and O–H groups in total. The molecule has 3 heterocycles. The molecule has 4 rings (SSSR count). The van der Waals surface area contributed by atoms with E-state index in [0.29, 0.717) is 43.4 Å². The topological polar surface area (TPSA) is 108 Å². The SMILES string of the molecule is CC(=O)NC[C@H]1CN(c2ccc(-c3cnc(N4CCN(C(=O)C(Cl)(Cl)Cl)CC4)nc3)c(F)c2)C(=O)O1. The summed E-state index contributed by atoms with van der Waals surface area (Å²) in [5.74, 6) is -0.930. The predicted octanol–water partition coefficient (Wildman–Crippen LogP) is 2.76. The van der Waals surface area contributed by atoms with E-state index in [1.54, 1.807) is 12.1 Å². The van der Waals surface area contributed by atoms with Gasteiger partial charge in [-0.05, 0) is 18.2 Å². The zero-order chi connectivity index (χ0) is 26.0. The number of aromatic nitrogens is 2. The fourth-order valence-corrected chi connectivity index (χ4v) is 4.27. The maximum Gasteiger partial charge on any atom is 0.414 e. The third-order valence-electron chi connectivity index (χ3n) is 5.76. The number of benzene rings is 1. The normalized spacial score (nSPS) is 18.3. The number of hydrogen-bond donors (Lipinski definition) is 1. The molecule has 36 heavy (non-hydrogen) atoms. The quantitative estimate of drug-likeness (QED) is 0.561. The van der Waals surface area contributed by atoms with Gasteiger partial charge in [-0.1, -0.05) is 34.8 Å². The summed E-state index contributed by atoms with van der Waals surface area (Å²) in [4.78, 5) is 48.7. The Hall–Kier alpha value is -2.89. The van der Waals surface area contributed by atoms with Crippen LogP contribution >= 0.6 is 34.8 Å². The Morgan fingerprint density at radius 3 is 2.42 bits per heavy atom. The highest BCUT2D eigenvalue weighted by Gasteiger charge is 2.37. The lowest BCUT2D eigenvalue weighted by molar-refractivity contribution is -0.130. The molecule has 14 heteroatoms. The van der Waals surface area contributed by atoms with E-state index in [1.165, 1.54) is 35.2 Å². The van der Waals surface area contributed by atoms with E-state index in [2.05, 4.69) is 15.3 Å². The summed E-state index contributed by atoms with van der Waals surface area (Å²) in [6, 6.07) is 4.39. The first-order chi connectivity index (χ1) is 17.0. The number of piperazine rings is 1. The molecule has 0 spiro atoms. The predicted molar refractivity (Wildman–Crippen MR) is 133 cm³/mol. The Bertz CT molecular complexity index is 1160. The van der Waals surface area contributed by atoms with Crippen molar-refractivity contribution in [2.24, 2.45) is 0 Å². The Morgan fingerprint density at radius 1 is 1.17 bits per heavy atom. The van der Waals surface area contributed by atoms with Gasteiger partial charge in [0.25, 0.3) is 9.70 Å². The second kappa shape index (κ2) is 10.6. The molecule has 1 aromatic heterocycles. The average Bonchev–Trinajstić information content (AvgIpc) is 3.22. The number of rotatable bonds is 5. The van der Waals surface area contributed by atoms with Crippen LogP contribution in [0.4, 0.5) is 20.8 Å². The van der Waals surface area contributed by atoms with E-state index in [1.807, 2.05) is 4.90 Å². The van der Waals surface area contributed by atoms with Crippen molar-refractivity contribution < 1.29 is 23.5 Å². The second-order valence-electron chi connectivity index (χ2n) is 8.27. The van der Waals surface area contributed by atoms with Crippen LogP contribution in [0.25, 0.3) is 11.1 Å². The van der Waals surface area contributed by atoms with Gasteiger partial charge < -0.3 is 19.9 Å². The number of carbonyl (C=O) groups is 3. The van der Waals surface area contributed by atoms with Crippen LogP contribution in [0, 0.1) is 5.82 Å². The van der Waals surface area contributed by atoms with Crippen LogP contribution < -0.4 is 15.1 Å². The summed E-state index contributed by atoms with van der Waals surface area (Å²) in [5.41, 5.74) is 1.07. The second-order valence-corrected chi connectivity index (χ2v) is 10.5. The monoisotopic (exact) mass is 558 g/mol. The number of ether oxygens (including phenoxy) is 1. The van der Waals surface area contributed by atoms with E-state index in [9.17, 15) is 18.8 Å². The van der Waals surface area contributed by atoms with Crippen LogP contribution in [0.3, 0.4) is 0 Å². The zero-order valence-corrected chi connectivity index (χ0v) is 21.4. The van der Waals surface area contributed by atoms with Gasteiger partial charge in [0, 0.05) is 56.6 Å². The van der Waals surface area contributed by atoms with Crippen molar-refractivity contribution in [2.75, 3.05) is 49.1 Å². The van der Waals surface area contributed by atoms with Crippen LogP contribution in [0.5, 0.6) is 0 Å². The Balaban J connectivity index is 1.40. The molecule has 0 radical (unpaired) electrons. The fraction of sp³-hybridized carbons (Fsp3) is 0.409. The van der Waals surface area contributed by atoms with Crippen LogP contribution in [-0.4, -0.2) is 81.9 Å². The fourth-order valence-electron chi connectivity index (χ4n) is 3.91. The smallest absolute Gasteiger partial charge is 0.414 e. The van der Waals surface area contributed by atoms with Gasteiger partial charge in [0.1, 0.15) is 11.9 Å². The first kappa shape index (κ1) is 26.2. The lowest BCUT2D eigenvalue weighted by atomic mass is 10.1. The van der Waals surface area contributed by atoms with Crippen molar-refractivity contribution in [3.63, 3.8) is 0 Å². The van der Waals surface area contributed by atoms with Crippen molar-refractivity contribution in [1.82, 2.24) is 20.2 Å². The van der Waals surface area contributed by atoms with Crippen LogP contribution in [0.2, 0.25) is 0 Å². The van der Waals surface area contributed by atoms with Gasteiger partial charge in [0.05, 0.1) is 18.8 Å². The molecule has 3 amide bonds. The molecule has 2 aliphatic heterocycles. The van der Waals surface area contributed by atoms with E-state index < -0.39 is 27.7 Å². The summed E-state index contributed by atoms with van der Waals surface area (Å²) < 4.78 is 18.2. The molecule has 2 fully saturated rings. The van der Waals surface area contributed by atoms with E-state index >= 15 is 0 Å². The van der Waals surface area contributed by atoms with Gasteiger partial charge in [-0.25, -0.2) is 19.2 Å². The highest BCUT2D eigenvalue weighted by atomic mass is 35.6. The van der Waals surface area contributed by atoms with Gasteiger partial charge >= 0.3 is 6.09 Å². The first-order valence-electron chi connectivity index (χ1n) is 11.0. The standard InChI is InChI=1S/C22H22Cl3FN6O4/c1-13(33)27-11-16-12-32(21(35)36-16)15-2-3-17(18(26)8-15)14-9-28-20(29-10-14)31-6-4-30(5-7-31)19(34)22(23,24)25/h2-3,8-10,16H,4-7,11-12H2,1H3,(H,27,33)/t16-/m0/s1. The summed E-state index contributed by atoms with van der Waals surface area (Å²) in [5, 5.41) is 2.60. The van der Waals surface area contributed by atoms with Gasteiger partial charge in [0.15, 0.2) is 0 Å². The molecule has 10 nitrogen and oxygen atoms in total. The van der Waals surface area contributed by atoms with Crippen molar-refractivity contribution >= 4 is 64.3 Å². The molecule has 1 aromatic carbocycles. The molecule has 192 valence electrons. The molecule has 0 saturated carbocycles. The summed E-state index contributed by atoms with van der Waals surface area (Å²) in [6.07, 6.45) is 1.88. The number of alkyl halides is 3. The molecule has 2 saturated heterocycles. The molecular weight excluding hydrogens is 538 g/mol. The van der Waals surface area contributed by atoms with Gasteiger partial charge in [0.2, 0.25) is 11.9 Å². The molecule has 2 aliphatic rings. The lowest BCUT2D eigenvalue weighted by Gasteiger charge is -2.35. The number of anilines is 2. The Morgan fingerprint density at radius 2 is 1.83 bits per heavy atom. The molecule has 0 bridgehead atoms. The van der Waals surface area contributed by atoms with E-state index in [-0.39, 0.29) is 24.6 Å². The van der Waals surface area contributed by atoms with Crippen molar-refractivity contribution in [1.29, 1.82) is 0 Å². The van der Waals surface area contributed by atoms with E-state index in [4.69, 9.17) is 39.5 Å². The summed E-state index contributed by atoms with van der Waals surface area (Å²) >= 11 is 17.0. The van der Waals surface area contributed by atoms with Crippen LogP contribution in [-0.2, 0) is 14.3 Å². The third-order valence-corrected chi connectivity index (χ3v) is 6.24. The van der Waals surface area contributed by atoms with Crippen molar-refractivity contribution in [3.8, 4) is 11.1 Å². The number of cyclic esters (lactones) is 1. The Labute approximate surface area is 221 Å². The van der Waals surface area contributed by atoms with E-state index in [0.717, 1.165) is 0 Å². The zero-order valence-electron chi connectivity index (χ0n) is 19.1. The minimum atomic E-state index is -2.00. The highest BCUT2D eigenvalue weighted by molar-refractivity contribution is 6.76. The number of nitrogens with one attached hydrogen (secondary N) is 1. The minimum Gasteiger partial charge on any atom is -0.442 e. The Kier molecular flexibility index (Phi) is 7.72. The number of carbonyl (C=O) groups excluding carboxylic acids is 3. The molecule has 0 aliphatic carbocycles. The third kappa shape index (κ3) is 5.91. The maximum atomic E-state index is 15.0. The maximum absolute atomic E-state index is 15.0. The van der Waals surface area contributed by atoms with Gasteiger partial charge in [-0.2, -0.15) is 0 Å². The number of hydrogen-bond acceptors (Lipinski definition) is 7. The largest absolute Gasteiger partial charge is 0.442 e. The minimum absolute atomic E-state index is 0.181. The van der Waals surface area contributed by atoms with Crippen LogP contribution in [0.1, 0.15) is 6.92 Å². The molecule has 2 aromatic rings. The molecule has 1 atom stereocenters. The first-order valence-corrected chi connectivity index (χ1v) is 12.1. The van der Waals surface area contributed by atoms with Gasteiger partial charge in [-0.3, -0.25) is 14.5 Å². The average molecular weight is 560 g/mol. The van der Waals surface area contributed by atoms with Crippen molar-refractivity contribution in [2.45, 2.75) is 16.8 Å². The number of amides is 3.